The van der Waals surface area contributed by atoms with E-state index in [1.807, 2.05) is 24.3 Å². The van der Waals surface area contributed by atoms with E-state index in [9.17, 15) is 0 Å². The number of rotatable bonds is 4. The zero-order valence-corrected chi connectivity index (χ0v) is 14.1. The quantitative estimate of drug-likeness (QED) is 0.933. The number of hydrogen-bond donors (Lipinski definition) is 1. The lowest BCUT2D eigenvalue weighted by atomic mass is 10.1. The van der Waals surface area contributed by atoms with Crippen molar-refractivity contribution in [1.29, 1.82) is 0 Å². The highest BCUT2D eigenvalue weighted by atomic mass is 35.5. The van der Waals surface area contributed by atoms with E-state index in [0.29, 0.717) is 29.6 Å². The number of aromatic nitrogens is 2. The molecule has 1 aromatic heterocycles. The van der Waals surface area contributed by atoms with Gasteiger partial charge in [0.05, 0.1) is 12.4 Å². The van der Waals surface area contributed by atoms with Gasteiger partial charge in [-0.2, -0.15) is 4.98 Å². The molecule has 2 atom stereocenters. The van der Waals surface area contributed by atoms with Gasteiger partial charge in [0.1, 0.15) is 6.61 Å². The second-order valence-electron chi connectivity index (χ2n) is 5.94. The lowest BCUT2D eigenvalue weighted by molar-refractivity contribution is 0.292. The topological polar surface area (TPSA) is 50.3 Å². The molecular formula is C17H21ClN4O. The van der Waals surface area contributed by atoms with Crippen LogP contribution < -0.4 is 15.0 Å². The largest absolute Gasteiger partial charge is 0.472 e. The molecule has 122 valence electrons. The van der Waals surface area contributed by atoms with Gasteiger partial charge in [0, 0.05) is 30.2 Å². The number of nitrogens with zero attached hydrogens (tertiary/aromatic N) is 3. The fourth-order valence-corrected chi connectivity index (χ4v) is 2.88. The van der Waals surface area contributed by atoms with Crippen molar-refractivity contribution in [3.05, 3.63) is 47.2 Å². The van der Waals surface area contributed by atoms with Crippen molar-refractivity contribution >= 4 is 17.4 Å². The number of halogens is 1. The van der Waals surface area contributed by atoms with Crippen LogP contribution in [0.3, 0.4) is 0 Å². The average Bonchev–Trinajstić information content (AvgIpc) is 2.55. The van der Waals surface area contributed by atoms with Crippen molar-refractivity contribution < 1.29 is 4.74 Å². The van der Waals surface area contributed by atoms with Gasteiger partial charge in [-0.1, -0.05) is 23.7 Å². The van der Waals surface area contributed by atoms with Crippen molar-refractivity contribution in [2.45, 2.75) is 32.5 Å². The van der Waals surface area contributed by atoms with Crippen molar-refractivity contribution in [3.63, 3.8) is 0 Å². The minimum atomic E-state index is 0.378. The summed E-state index contributed by atoms with van der Waals surface area (Å²) in [5.41, 5.74) is 1.01. The summed E-state index contributed by atoms with van der Waals surface area (Å²) in [4.78, 5) is 11.1. The van der Waals surface area contributed by atoms with Crippen LogP contribution in [-0.2, 0) is 6.61 Å². The van der Waals surface area contributed by atoms with Crippen molar-refractivity contribution in [2.75, 3.05) is 18.0 Å². The summed E-state index contributed by atoms with van der Waals surface area (Å²) in [6, 6.07) is 8.43. The van der Waals surface area contributed by atoms with Crippen molar-refractivity contribution in [2.24, 2.45) is 0 Å². The van der Waals surface area contributed by atoms with Crippen LogP contribution >= 0.6 is 11.6 Å². The predicted octanol–water partition coefficient (Wildman–Crippen LogP) is 2.90. The van der Waals surface area contributed by atoms with Crippen LogP contribution in [0, 0.1) is 0 Å². The Balaban J connectivity index is 1.69. The van der Waals surface area contributed by atoms with E-state index in [1.165, 1.54) is 0 Å². The summed E-state index contributed by atoms with van der Waals surface area (Å²) in [6.45, 7) is 6.63. The van der Waals surface area contributed by atoms with E-state index in [4.69, 9.17) is 16.3 Å². The van der Waals surface area contributed by atoms with Gasteiger partial charge in [-0.15, -0.1) is 0 Å². The fraction of sp³-hybridized carbons (Fsp3) is 0.412. The van der Waals surface area contributed by atoms with Gasteiger partial charge in [-0.05, 0) is 31.5 Å². The first-order chi connectivity index (χ1) is 11.1. The second kappa shape index (κ2) is 7.15. The maximum atomic E-state index is 5.99. The van der Waals surface area contributed by atoms with Gasteiger partial charge in [0.15, 0.2) is 5.82 Å². The van der Waals surface area contributed by atoms with E-state index in [-0.39, 0.29) is 0 Å². The van der Waals surface area contributed by atoms with Crippen LogP contribution in [0.15, 0.2) is 36.7 Å². The summed E-state index contributed by atoms with van der Waals surface area (Å²) in [7, 11) is 0. The van der Waals surface area contributed by atoms with Crippen LogP contribution in [0.25, 0.3) is 0 Å². The fourth-order valence-electron chi connectivity index (χ4n) is 2.67. The highest BCUT2D eigenvalue weighted by Crippen LogP contribution is 2.20. The number of nitrogens with one attached hydrogen (secondary N) is 1. The molecule has 2 unspecified atom stereocenters. The number of anilines is 1. The molecule has 5 nitrogen and oxygen atoms in total. The third kappa shape index (κ3) is 4.12. The first-order valence-corrected chi connectivity index (χ1v) is 8.19. The number of ether oxygens (including phenoxy) is 1. The molecule has 1 fully saturated rings. The molecular weight excluding hydrogens is 312 g/mol. The smallest absolute Gasteiger partial charge is 0.234 e. The Morgan fingerprint density at radius 3 is 3.04 bits per heavy atom. The lowest BCUT2D eigenvalue weighted by Crippen LogP contribution is -2.54. The summed E-state index contributed by atoms with van der Waals surface area (Å²) >= 11 is 5.99. The molecule has 0 aliphatic carbocycles. The maximum absolute atomic E-state index is 5.99. The monoisotopic (exact) mass is 332 g/mol. The molecule has 0 saturated carbocycles. The highest BCUT2D eigenvalue weighted by molar-refractivity contribution is 6.30. The summed E-state index contributed by atoms with van der Waals surface area (Å²) < 4.78 is 5.77. The Hall–Kier alpha value is -1.85. The van der Waals surface area contributed by atoms with Gasteiger partial charge in [0.25, 0.3) is 0 Å². The minimum absolute atomic E-state index is 0.378. The van der Waals surface area contributed by atoms with Gasteiger partial charge < -0.3 is 15.0 Å². The standard InChI is InChI=1S/C17H21ClN4O/c1-12-10-22(13(2)7-20-12)16-8-19-9-17(21-16)23-11-14-4-3-5-15(18)6-14/h3-6,8-9,12-13,20H,7,10-11H2,1-2H3. The van der Waals surface area contributed by atoms with E-state index in [2.05, 4.69) is 34.0 Å². The predicted molar refractivity (Wildman–Crippen MR) is 92.1 cm³/mol. The molecule has 0 radical (unpaired) electrons. The molecule has 0 amide bonds. The zero-order chi connectivity index (χ0) is 16.2. The van der Waals surface area contributed by atoms with E-state index < -0.39 is 0 Å². The molecule has 2 heterocycles. The Morgan fingerprint density at radius 2 is 2.22 bits per heavy atom. The average molecular weight is 333 g/mol. The Bertz CT molecular complexity index is 667. The number of hydrogen-bond acceptors (Lipinski definition) is 5. The molecule has 23 heavy (non-hydrogen) atoms. The molecule has 0 spiro atoms. The Labute approximate surface area is 141 Å². The first kappa shape index (κ1) is 16.0. The highest BCUT2D eigenvalue weighted by Gasteiger charge is 2.23. The third-order valence-electron chi connectivity index (χ3n) is 3.93. The molecule has 6 heteroatoms. The molecule has 1 aliphatic rings. The lowest BCUT2D eigenvalue weighted by Gasteiger charge is -2.38. The van der Waals surface area contributed by atoms with Gasteiger partial charge in [-0.3, -0.25) is 4.98 Å². The van der Waals surface area contributed by atoms with E-state index in [0.717, 1.165) is 24.5 Å². The maximum Gasteiger partial charge on any atom is 0.234 e. The summed E-state index contributed by atoms with van der Waals surface area (Å²) in [6.07, 6.45) is 3.44. The molecule has 1 aromatic carbocycles. The first-order valence-electron chi connectivity index (χ1n) is 7.81. The van der Waals surface area contributed by atoms with Crippen LogP contribution in [0.5, 0.6) is 5.88 Å². The normalized spacial score (nSPS) is 21.3. The SMILES string of the molecule is CC1CN(c2cncc(OCc3cccc(Cl)c3)n2)C(C)CN1. The van der Waals surface area contributed by atoms with Crippen LogP contribution in [0.4, 0.5) is 5.82 Å². The van der Waals surface area contributed by atoms with Gasteiger partial charge in [-0.25, -0.2) is 0 Å². The van der Waals surface area contributed by atoms with E-state index >= 15 is 0 Å². The summed E-state index contributed by atoms with van der Waals surface area (Å²) in [5.74, 6) is 1.38. The zero-order valence-electron chi connectivity index (χ0n) is 13.4. The van der Waals surface area contributed by atoms with E-state index in [1.54, 1.807) is 12.4 Å². The number of piperazine rings is 1. The molecule has 1 saturated heterocycles. The second-order valence-corrected chi connectivity index (χ2v) is 6.38. The van der Waals surface area contributed by atoms with Crippen molar-refractivity contribution in [1.82, 2.24) is 15.3 Å². The molecule has 0 bridgehead atoms. The third-order valence-corrected chi connectivity index (χ3v) is 4.17. The number of benzene rings is 1. The van der Waals surface area contributed by atoms with Crippen LogP contribution in [0.1, 0.15) is 19.4 Å². The molecule has 1 N–H and O–H groups in total. The Kier molecular flexibility index (Phi) is 4.98. The van der Waals surface area contributed by atoms with Gasteiger partial charge in [0.2, 0.25) is 5.88 Å². The van der Waals surface area contributed by atoms with Crippen LogP contribution in [0.2, 0.25) is 5.02 Å². The molecule has 3 rings (SSSR count). The Morgan fingerprint density at radius 1 is 1.35 bits per heavy atom. The van der Waals surface area contributed by atoms with Crippen molar-refractivity contribution in [3.8, 4) is 5.88 Å². The van der Waals surface area contributed by atoms with Crippen LogP contribution in [-0.4, -0.2) is 35.1 Å². The molecule has 2 aromatic rings. The molecule has 1 aliphatic heterocycles. The summed E-state index contributed by atoms with van der Waals surface area (Å²) in [5, 5.41) is 4.17. The minimum Gasteiger partial charge on any atom is -0.472 e. The van der Waals surface area contributed by atoms with Gasteiger partial charge >= 0.3 is 0 Å².